The lowest BCUT2D eigenvalue weighted by molar-refractivity contribution is 0.0926. The molecule has 0 aliphatic heterocycles. The van der Waals surface area contributed by atoms with Gasteiger partial charge in [0.1, 0.15) is 12.4 Å². The summed E-state index contributed by atoms with van der Waals surface area (Å²) in [5.74, 6) is 0.791. The third-order valence-electron chi connectivity index (χ3n) is 3.73. The number of nitrogens with one attached hydrogen (secondary N) is 1. The van der Waals surface area contributed by atoms with E-state index in [0.29, 0.717) is 12.2 Å². The van der Waals surface area contributed by atoms with Crippen molar-refractivity contribution in [2.45, 2.75) is 33.7 Å². The number of carbonyl (C=O) groups is 1. The van der Waals surface area contributed by atoms with Crippen molar-refractivity contribution in [2.24, 2.45) is 0 Å². The monoisotopic (exact) mass is 297 g/mol. The minimum atomic E-state index is -0.0658. The maximum absolute atomic E-state index is 12.2. The molecule has 0 fully saturated rings. The Bertz CT molecular complexity index is 664. The molecule has 1 N–H and O–H groups in total. The molecule has 0 aliphatic carbocycles. The molecule has 0 saturated heterocycles. The van der Waals surface area contributed by atoms with Gasteiger partial charge in [-0.3, -0.25) is 4.79 Å². The predicted octanol–water partition coefficient (Wildman–Crippen LogP) is 3.81. The normalized spacial score (nSPS) is 11.8. The van der Waals surface area contributed by atoms with Crippen molar-refractivity contribution >= 4 is 5.91 Å². The second kappa shape index (κ2) is 7.12. The molecular weight excluding hydrogens is 274 g/mol. The summed E-state index contributed by atoms with van der Waals surface area (Å²) in [4.78, 5) is 12.2. The summed E-state index contributed by atoms with van der Waals surface area (Å²) < 4.78 is 5.76. The fourth-order valence-corrected chi connectivity index (χ4v) is 2.16. The topological polar surface area (TPSA) is 38.3 Å². The Morgan fingerprint density at radius 3 is 2.45 bits per heavy atom. The first-order valence-corrected chi connectivity index (χ1v) is 7.54. The first kappa shape index (κ1) is 16.1. The van der Waals surface area contributed by atoms with E-state index in [1.807, 2.05) is 70.2 Å². The molecule has 0 aliphatic rings. The average molecular weight is 297 g/mol. The van der Waals surface area contributed by atoms with Crippen LogP contribution in [-0.4, -0.2) is 18.6 Å². The summed E-state index contributed by atoms with van der Waals surface area (Å²) in [7, 11) is 0. The van der Waals surface area contributed by atoms with E-state index >= 15 is 0 Å². The van der Waals surface area contributed by atoms with Crippen LogP contribution in [0.4, 0.5) is 0 Å². The number of amides is 1. The molecule has 0 saturated carbocycles. The Kier molecular flexibility index (Phi) is 5.21. The van der Waals surface area contributed by atoms with Gasteiger partial charge in [-0.05, 0) is 62.6 Å². The molecule has 2 aromatic carbocycles. The molecule has 1 atom stereocenters. The quantitative estimate of drug-likeness (QED) is 0.911. The van der Waals surface area contributed by atoms with Crippen LogP contribution in [0.3, 0.4) is 0 Å². The van der Waals surface area contributed by atoms with E-state index in [0.717, 1.165) is 16.9 Å². The number of benzene rings is 2. The summed E-state index contributed by atoms with van der Waals surface area (Å²) in [6, 6.07) is 13.5. The second-order valence-corrected chi connectivity index (χ2v) is 5.75. The van der Waals surface area contributed by atoms with Crippen LogP contribution in [0.5, 0.6) is 5.75 Å². The molecule has 2 aromatic rings. The number of para-hydroxylation sites is 1. The van der Waals surface area contributed by atoms with Gasteiger partial charge < -0.3 is 10.1 Å². The predicted molar refractivity (Wildman–Crippen MR) is 89.5 cm³/mol. The number of hydrogen-bond donors (Lipinski definition) is 1. The molecule has 2 rings (SSSR count). The minimum Gasteiger partial charge on any atom is -0.491 e. The largest absolute Gasteiger partial charge is 0.491 e. The van der Waals surface area contributed by atoms with Crippen molar-refractivity contribution in [1.82, 2.24) is 5.32 Å². The zero-order valence-electron chi connectivity index (χ0n) is 13.6. The summed E-state index contributed by atoms with van der Waals surface area (Å²) in [5.41, 5.74) is 4.09. The van der Waals surface area contributed by atoms with Crippen molar-refractivity contribution < 1.29 is 9.53 Å². The lowest BCUT2D eigenvalue weighted by Gasteiger charge is -2.16. The summed E-state index contributed by atoms with van der Waals surface area (Å²) in [6.07, 6.45) is 0. The molecule has 1 amide bonds. The van der Waals surface area contributed by atoms with Gasteiger partial charge in [0.2, 0.25) is 0 Å². The van der Waals surface area contributed by atoms with Crippen LogP contribution >= 0.6 is 0 Å². The van der Waals surface area contributed by atoms with Crippen molar-refractivity contribution in [3.63, 3.8) is 0 Å². The van der Waals surface area contributed by atoms with Gasteiger partial charge in [0, 0.05) is 5.56 Å². The van der Waals surface area contributed by atoms with E-state index in [9.17, 15) is 4.79 Å². The molecular formula is C19H23NO2. The van der Waals surface area contributed by atoms with Crippen molar-refractivity contribution in [2.75, 3.05) is 6.61 Å². The molecule has 0 heterocycles. The first-order valence-electron chi connectivity index (χ1n) is 7.54. The SMILES string of the molecule is Cc1ccc(C(=O)N[C@@H](C)COc2ccccc2C)cc1C. The second-order valence-electron chi connectivity index (χ2n) is 5.75. The van der Waals surface area contributed by atoms with E-state index in [-0.39, 0.29) is 11.9 Å². The highest BCUT2D eigenvalue weighted by Crippen LogP contribution is 2.16. The van der Waals surface area contributed by atoms with Gasteiger partial charge in [-0.25, -0.2) is 0 Å². The highest BCUT2D eigenvalue weighted by molar-refractivity contribution is 5.94. The summed E-state index contributed by atoms with van der Waals surface area (Å²) in [6.45, 7) is 8.44. The highest BCUT2D eigenvalue weighted by atomic mass is 16.5. The van der Waals surface area contributed by atoms with E-state index < -0.39 is 0 Å². The van der Waals surface area contributed by atoms with Gasteiger partial charge in [0.25, 0.3) is 5.91 Å². The number of carbonyl (C=O) groups excluding carboxylic acids is 1. The number of ether oxygens (including phenoxy) is 1. The summed E-state index contributed by atoms with van der Waals surface area (Å²) in [5, 5.41) is 2.97. The van der Waals surface area contributed by atoms with Crippen LogP contribution in [0.1, 0.15) is 34.0 Å². The van der Waals surface area contributed by atoms with Gasteiger partial charge >= 0.3 is 0 Å². The lowest BCUT2D eigenvalue weighted by Crippen LogP contribution is -2.36. The Labute approximate surface area is 132 Å². The van der Waals surface area contributed by atoms with Gasteiger partial charge in [-0.1, -0.05) is 24.3 Å². The van der Waals surface area contributed by atoms with Gasteiger partial charge in [0.15, 0.2) is 0 Å². The Morgan fingerprint density at radius 1 is 1.05 bits per heavy atom. The van der Waals surface area contributed by atoms with Crippen LogP contribution in [0.25, 0.3) is 0 Å². The van der Waals surface area contributed by atoms with E-state index in [2.05, 4.69) is 5.32 Å². The van der Waals surface area contributed by atoms with Gasteiger partial charge in [0.05, 0.1) is 6.04 Å². The third-order valence-corrected chi connectivity index (χ3v) is 3.73. The van der Waals surface area contributed by atoms with E-state index in [1.54, 1.807) is 0 Å². The third kappa shape index (κ3) is 4.10. The lowest BCUT2D eigenvalue weighted by atomic mass is 10.1. The van der Waals surface area contributed by atoms with Gasteiger partial charge in [-0.15, -0.1) is 0 Å². The van der Waals surface area contributed by atoms with Gasteiger partial charge in [-0.2, -0.15) is 0 Å². The molecule has 22 heavy (non-hydrogen) atoms. The minimum absolute atomic E-state index is 0.0614. The molecule has 0 bridgehead atoms. The van der Waals surface area contributed by atoms with Crippen LogP contribution in [0.15, 0.2) is 42.5 Å². The standard InChI is InChI=1S/C19H23NO2/c1-13-9-10-17(11-15(13)3)19(21)20-16(4)12-22-18-8-6-5-7-14(18)2/h5-11,16H,12H2,1-4H3,(H,20,21)/t16-/m0/s1. The molecule has 0 spiro atoms. The van der Waals surface area contributed by atoms with Crippen molar-refractivity contribution in [3.8, 4) is 5.75 Å². The smallest absolute Gasteiger partial charge is 0.251 e. The first-order chi connectivity index (χ1) is 10.5. The molecule has 3 nitrogen and oxygen atoms in total. The molecule has 0 radical (unpaired) electrons. The average Bonchev–Trinajstić information content (AvgIpc) is 2.49. The molecule has 116 valence electrons. The number of aryl methyl sites for hydroxylation is 3. The summed E-state index contributed by atoms with van der Waals surface area (Å²) >= 11 is 0. The van der Waals surface area contributed by atoms with Crippen LogP contribution in [-0.2, 0) is 0 Å². The van der Waals surface area contributed by atoms with Crippen molar-refractivity contribution in [1.29, 1.82) is 0 Å². The van der Waals surface area contributed by atoms with E-state index in [1.165, 1.54) is 5.56 Å². The highest BCUT2D eigenvalue weighted by Gasteiger charge is 2.11. The van der Waals surface area contributed by atoms with Crippen LogP contribution in [0, 0.1) is 20.8 Å². The molecule has 3 heteroatoms. The van der Waals surface area contributed by atoms with Crippen molar-refractivity contribution in [3.05, 3.63) is 64.7 Å². The zero-order chi connectivity index (χ0) is 16.1. The Hall–Kier alpha value is -2.29. The Balaban J connectivity index is 1.91. The van der Waals surface area contributed by atoms with Crippen LogP contribution in [0.2, 0.25) is 0 Å². The fraction of sp³-hybridized carbons (Fsp3) is 0.316. The van der Waals surface area contributed by atoms with Crippen LogP contribution < -0.4 is 10.1 Å². The number of rotatable bonds is 5. The maximum atomic E-state index is 12.2. The maximum Gasteiger partial charge on any atom is 0.251 e. The number of hydrogen-bond acceptors (Lipinski definition) is 2. The van der Waals surface area contributed by atoms with E-state index in [4.69, 9.17) is 4.74 Å². The molecule has 0 aromatic heterocycles. The fourth-order valence-electron chi connectivity index (χ4n) is 2.16. The Morgan fingerprint density at radius 2 is 1.77 bits per heavy atom. The molecule has 0 unspecified atom stereocenters. The zero-order valence-corrected chi connectivity index (χ0v) is 13.6.